The molecule has 2 heterocycles. The Kier molecular flexibility index (Phi) is 6.49. The number of ether oxygens (including phenoxy) is 1. The summed E-state index contributed by atoms with van der Waals surface area (Å²) >= 11 is 0. The van der Waals surface area contributed by atoms with E-state index in [-0.39, 0.29) is 17.4 Å². The van der Waals surface area contributed by atoms with Gasteiger partial charge in [0.05, 0.1) is 23.7 Å². The van der Waals surface area contributed by atoms with Crippen LogP contribution < -0.4 is 5.56 Å². The van der Waals surface area contributed by atoms with E-state index >= 15 is 0 Å². The number of nitrogens with zero attached hydrogens (tertiary/aromatic N) is 4. The lowest BCUT2D eigenvalue weighted by molar-refractivity contribution is -0.146. The van der Waals surface area contributed by atoms with Crippen LogP contribution in [0.25, 0.3) is 21.8 Å². The maximum atomic E-state index is 13.5. The van der Waals surface area contributed by atoms with Gasteiger partial charge in [0, 0.05) is 28.6 Å². The summed E-state index contributed by atoms with van der Waals surface area (Å²) in [5.41, 5.74) is 2.29. The minimum Gasteiger partial charge on any atom is -0.464 e. The molecule has 0 N–H and O–H groups in total. The molecular weight excluding hydrogens is 440 g/mol. The molecule has 0 aliphatic heterocycles. The first-order chi connectivity index (χ1) is 17.1. The van der Waals surface area contributed by atoms with Crippen LogP contribution in [-0.2, 0) is 9.53 Å². The Labute approximate surface area is 204 Å². The van der Waals surface area contributed by atoms with Gasteiger partial charge in [-0.3, -0.25) is 4.79 Å². The Morgan fingerprint density at radius 3 is 2.60 bits per heavy atom. The highest BCUT2D eigenvalue weighted by atomic mass is 16.5. The summed E-state index contributed by atoms with van der Waals surface area (Å²) in [5.74, 6) is 0.655. The topological polar surface area (TPSA) is 78.5 Å². The standard InChI is InChI=1S/C28H30N4O3/c1-3-35-28(34)19(2)31-18-21(22-13-8-10-16-25(22)31)17-29-32-26(20-11-5-4-6-12-20)30-24-15-9-7-14-23(24)27(32)33/h7-10,13-20H,3-6,11-12H2,1-2H3/t19-/m0/s1. The number of aromatic nitrogens is 3. The summed E-state index contributed by atoms with van der Waals surface area (Å²) in [5, 5.41) is 6.20. The Balaban J connectivity index is 1.62. The number of rotatable bonds is 6. The summed E-state index contributed by atoms with van der Waals surface area (Å²) in [6.45, 7) is 3.96. The van der Waals surface area contributed by atoms with E-state index in [1.807, 2.05) is 60.2 Å². The van der Waals surface area contributed by atoms with Crippen molar-refractivity contribution in [2.75, 3.05) is 6.61 Å². The van der Waals surface area contributed by atoms with Gasteiger partial charge in [0.15, 0.2) is 0 Å². The van der Waals surface area contributed by atoms with Gasteiger partial charge in [0.2, 0.25) is 0 Å². The van der Waals surface area contributed by atoms with E-state index in [0.29, 0.717) is 17.5 Å². The molecule has 1 saturated carbocycles. The smallest absolute Gasteiger partial charge is 0.328 e. The molecule has 0 saturated heterocycles. The molecule has 5 rings (SSSR count). The number of benzene rings is 2. The zero-order valence-corrected chi connectivity index (χ0v) is 20.2. The quantitative estimate of drug-likeness (QED) is 0.279. The predicted octanol–water partition coefficient (Wildman–Crippen LogP) is 5.41. The average Bonchev–Trinajstić information content (AvgIpc) is 3.27. The Bertz CT molecular complexity index is 1460. The van der Waals surface area contributed by atoms with Crippen LogP contribution >= 0.6 is 0 Å². The van der Waals surface area contributed by atoms with Crippen molar-refractivity contribution in [1.29, 1.82) is 0 Å². The van der Waals surface area contributed by atoms with Crippen molar-refractivity contribution in [3.63, 3.8) is 0 Å². The molecule has 35 heavy (non-hydrogen) atoms. The predicted molar refractivity (Wildman–Crippen MR) is 138 cm³/mol. The SMILES string of the molecule is CCOC(=O)[C@H](C)n1cc(C=Nn2c(C3CCCCC3)nc3ccccc3c2=O)c2ccccc21. The molecule has 7 heteroatoms. The Morgan fingerprint density at radius 1 is 1.11 bits per heavy atom. The lowest BCUT2D eigenvalue weighted by atomic mass is 9.88. The number of carbonyl (C=O) groups excluding carboxylic acids is 1. The molecule has 0 amide bonds. The third-order valence-corrected chi connectivity index (χ3v) is 6.88. The molecule has 0 spiro atoms. The van der Waals surface area contributed by atoms with Crippen LogP contribution in [0.1, 0.15) is 69.3 Å². The third kappa shape index (κ3) is 4.38. The molecule has 2 aromatic carbocycles. The van der Waals surface area contributed by atoms with Crippen molar-refractivity contribution in [3.05, 3.63) is 76.5 Å². The summed E-state index contributed by atoms with van der Waals surface area (Å²) in [6.07, 6.45) is 9.12. The fraction of sp³-hybridized carbons (Fsp3) is 0.357. The summed E-state index contributed by atoms with van der Waals surface area (Å²) in [4.78, 5) is 30.8. The molecule has 2 aromatic heterocycles. The molecule has 1 atom stereocenters. The van der Waals surface area contributed by atoms with E-state index in [2.05, 4.69) is 0 Å². The van der Waals surface area contributed by atoms with E-state index in [0.717, 1.165) is 48.0 Å². The highest BCUT2D eigenvalue weighted by molar-refractivity contribution is 6.00. The normalized spacial score (nSPS) is 15.7. The maximum absolute atomic E-state index is 13.5. The van der Waals surface area contributed by atoms with Crippen molar-refractivity contribution in [1.82, 2.24) is 14.2 Å². The highest BCUT2D eigenvalue weighted by Crippen LogP contribution is 2.32. The lowest BCUT2D eigenvalue weighted by Gasteiger charge is -2.22. The number of hydrogen-bond acceptors (Lipinski definition) is 5. The van der Waals surface area contributed by atoms with E-state index in [9.17, 15) is 9.59 Å². The molecule has 180 valence electrons. The highest BCUT2D eigenvalue weighted by Gasteiger charge is 2.23. The molecule has 0 unspecified atom stereocenters. The summed E-state index contributed by atoms with van der Waals surface area (Å²) in [7, 11) is 0. The second kappa shape index (κ2) is 9.86. The van der Waals surface area contributed by atoms with Gasteiger partial charge in [-0.1, -0.05) is 49.6 Å². The molecule has 0 bridgehead atoms. The zero-order chi connectivity index (χ0) is 24.4. The fourth-order valence-electron chi connectivity index (χ4n) is 5.03. The van der Waals surface area contributed by atoms with Crippen molar-refractivity contribution < 1.29 is 9.53 Å². The minimum absolute atomic E-state index is 0.156. The van der Waals surface area contributed by atoms with Crippen LogP contribution in [-0.4, -0.2) is 33.0 Å². The Morgan fingerprint density at radius 2 is 1.83 bits per heavy atom. The van der Waals surface area contributed by atoms with Crippen LogP contribution in [0.15, 0.2) is 64.6 Å². The van der Waals surface area contributed by atoms with Crippen molar-refractivity contribution >= 4 is 34.0 Å². The minimum atomic E-state index is -0.482. The largest absolute Gasteiger partial charge is 0.464 e. The van der Waals surface area contributed by atoms with Gasteiger partial charge in [-0.15, -0.1) is 0 Å². The first-order valence-corrected chi connectivity index (χ1v) is 12.4. The van der Waals surface area contributed by atoms with E-state index in [1.165, 1.54) is 11.1 Å². The van der Waals surface area contributed by atoms with Crippen LogP contribution in [0.4, 0.5) is 0 Å². The van der Waals surface area contributed by atoms with E-state index in [1.54, 1.807) is 19.2 Å². The average molecular weight is 471 g/mol. The van der Waals surface area contributed by atoms with E-state index in [4.69, 9.17) is 14.8 Å². The third-order valence-electron chi connectivity index (χ3n) is 6.88. The van der Waals surface area contributed by atoms with Gasteiger partial charge in [-0.2, -0.15) is 9.78 Å². The van der Waals surface area contributed by atoms with Crippen LogP contribution in [0, 0.1) is 0 Å². The van der Waals surface area contributed by atoms with Gasteiger partial charge in [-0.25, -0.2) is 9.78 Å². The van der Waals surface area contributed by atoms with Gasteiger partial charge in [0.25, 0.3) is 5.56 Å². The number of esters is 1. The van der Waals surface area contributed by atoms with Crippen molar-refractivity contribution in [3.8, 4) is 0 Å². The zero-order valence-electron chi connectivity index (χ0n) is 20.2. The second-order valence-corrected chi connectivity index (χ2v) is 9.12. The van der Waals surface area contributed by atoms with Gasteiger partial charge >= 0.3 is 5.97 Å². The van der Waals surface area contributed by atoms with Crippen LogP contribution in [0.5, 0.6) is 0 Å². The maximum Gasteiger partial charge on any atom is 0.328 e. The number of carbonyl (C=O) groups is 1. The van der Waals surface area contributed by atoms with Gasteiger partial charge in [-0.05, 0) is 44.9 Å². The van der Waals surface area contributed by atoms with E-state index < -0.39 is 6.04 Å². The summed E-state index contributed by atoms with van der Waals surface area (Å²) < 4.78 is 8.62. The van der Waals surface area contributed by atoms with Crippen LogP contribution in [0.2, 0.25) is 0 Å². The van der Waals surface area contributed by atoms with Crippen LogP contribution in [0.3, 0.4) is 0 Å². The monoisotopic (exact) mass is 470 g/mol. The van der Waals surface area contributed by atoms with Gasteiger partial charge in [0.1, 0.15) is 11.9 Å². The lowest BCUT2D eigenvalue weighted by Crippen LogP contribution is -2.25. The molecule has 4 aromatic rings. The Hall–Kier alpha value is -3.74. The molecular formula is C28H30N4O3. The van der Waals surface area contributed by atoms with Crippen molar-refractivity contribution in [2.45, 2.75) is 57.9 Å². The molecule has 1 aliphatic rings. The first-order valence-electron chi connectivity index (χ1n) is 12.4. The number of hydrogen-bond donors (Lipinski definition) is 0. The number of para-hydroxylation sites is 2. The number of fused-ring (bicyclic) bond motifs is 2. The molecule has 1 aliphatic carbocycles. The summed E-state index contributed by atoms with van der Waals surface area (Å²) in [6, 6.07) is 14.8. The molecule has 0 radical (unpaired) electrons. The first kappa shape index (κ1) is 23.0. The molecule has 7 nitrogen and oxygen atoms in total. The second-order valence-electron chi connectivity index (χ2n) is 9.12. The van der Waals surface area contributed by atoms with Gasteiger partial charge < -0.3 is 9.30 Å². The van der Waals surface area contributed by atoms with Crippen molar-refractivity contribution in [2.24, 2.45) is 5.10 Å². The molecule has 1 fully saturated rings. The fourth-order valence-corrected chi connectivity index (χ4v) is 5.03.